The van der Waals surface area contributed by atoms with Crippen LogP contribution in [-0.2, 0) is 33.0 Å². The number of aliphatic imine (C=N–C) groups is 1. The molecule has 0 spiro atoms. The number of halogens is 2. The van der Waals surface area contributed by atoms with Crippen LogP contribution < -0.4 is 37.2 Å². The fraction of sp³-hybridized carbons (Fsp3) is 0.200. The minimum absolute atomic E-state index is 0.0773. The molecule has 4 heterocycles. The number of guanidine groups is 1. The zero-order chi connectivity index (χ0) is 36.2. The first-order valence-electron chi connectivity index (χ1n) is 14.3. The molecule has 8 N–H and O–H groups in total. The summed E-state index contributed by atoms with van der Waals surface area (Å²) in [5.74, 6) is -2.72. The van der Waals surface area contributed by atoms with Crippen molar-refractivity contribution in [3.05, 3.63) is 83.4 Å². The van der Waals surface area contributed by atoms with Crippen molar-refractivity contribution in [2.24, 2.45) is 44.7 Å². The number of rotatable bonds is 12. The second-order valence-corrected chi connectivity index (χ2v) is 11.6. The van der Waals surface area contributed by atoms with E-state index in [4.69, 9.17) is 34.8 Å². The summed E-state index contributed by atoms with van der Waals surface area (Å²) in [5.41, 5.74) is 12.6. The molecule has 0 bridgehead atoms. The van der Waals surface area contributed by atoms with E-state index in [1.807, 2.05) is 0 Å². The van der Waals surface area contributed by atoms with E-state index in [0.717, 1.165) is 4.42 Å². The van der Waals surface area contributed by atoms with Gasteiger partial charge in [0.2, 0.25) is 0 Å². The van der Waals surface area contributed by atoms with Crippen LogP contribution in [0.4, 0.5) is 22.7 Å². The van der Waals surface area contributed by atoms with Crippen LogP contribution in [0.5, 0.6) is 0 Å². The van der Waals surface area contributed by atoms with Crippen molar-refractivity contribution in [2.75, 3.05) is 33.5 Å². The Labute approximate surface area is 290 Å². The smallest absolute Gasteiger partial charge is 0.289 e. The molecule has 0 aromatic carbocycles. The van der Waals surface area contributed by atoms with E-state index >= 15 is 0 Å². The summed E-state index contributed by atoms with van der Waals surface area (Å²) in [6.45, 7) is 3.80. The molecule has 0 saturated carbocycles. The van der Waals surface area contributed by atoms with Gasteiger partial charge in [0.25, 0.3) is 29.5 Å². The highest BCUT2D eigenvalue weighted by Crippen LogP contribution is 2.25. The number of hydrogen-bond acceptors (Lipinski definition) is 6. The number of nitrogens with one attached hydrogen (secondary N) is 4. The first-order chi connectivity index (χ1) is 23.0. The lowest BCUT2D eigenvalue weighted by Gasteiger charge is -2.12. The topological polar surface area (TPSA) is 221 Å². The molecule has 5 amide bonds. The Balaban J connectivity index is 1.40. The van der Waals surface area contributed by atoms with Gasteiger partial charge in [-0.15, -0.1) is 0 Å². The number of aromatic nitrogens is 4. The molecular formula is C30H34Cl2N12O5. The molecule has 258 valence electrons. The molecule has 19 heteroatoms. The molecule has 4 rings (SSSR count). The quantitative estimate of drug-likeness (QED) is 0.0421. The predicted molar refractivity (Wildman–Crippen MR) is 187 cm³/mol. The maximum Gasteiger partial charge on any atom is 0.289 e. The molecule has 0 fully saturated rings. The molecule has 0 unspecified atom stereocenters. The van der Waals surface area contributed by atoms with E-state index in [2.05, 4.69) is 32.8 Å². The van der Waals surface area contributed by atoms with Crippen LogP contribution in [-0.4, -0.2) is 66.9 Å². The van der Waals surface area contributed by atoms with Gasteiger partial charge < -0.3 is 51.0 Å². The first kappa shape index (κ1) is 35.9. The molecule has 4 aromatic heterocycles. The maximum atomic E-state index is 13.2. The fourth-order valence-corrected chi connectivity index (χ4v) is 4.92. The third-order valence-corrected chi connectivity index (χ3v) is 7.56. The SMILES string of the molecule is C=C(Cl)C(=O)Nc1cc(C(=O)N(Cl)c2cc(C(=O)Nc3cc(C(=O)Nc4cc(C(=O)NCCN=C(N)N)n(C)c4)n(C)c3)n(C)c2)n(C)c1. The van der Waals surface area contributed by atoms with Crippen LogP contribution in [0.3, 0.4) is 0 Å². The largest absolute Gasteiger partial charge is 0.370 e. The van der Waals surface area contributed by atoms with Gasteiger partial charge in [-0.2, -0.15) is 0 Å². The van der Waals surface area contributed by atoms with Gasteiger partial charge in [0.1, 0.15) is 22.8 Å². The molecule has 0 radical (unpaired) electrons. The number of amides is 5. The number of aryl methyl sites for hydroxylation is 4. The number of nitrogens with zero attached hydrogens (tertiary/aromatic N) is 6. The fourth-order valence-electron chi connectivity index (χ4n) is 4.69. The van der Waals surface area contributed by atoms with Gasteiger partial charge in [0.05, 0.1) is 34.3 Å². The second kappa shape index (κ2) is 14.9. The summed E-state index contributed by atoms with van der Waals surface area (Å²) in [6, 6.07) is 5.84. The highest BCUT2D eigenvalue weighted by molar-refractivity contribution is 6.43. The van der Waals surface area contributed by atoms with Gasteiger partial charge in [-0.1, -0.05) is 18.2 Å². The highest BCUT2D eigenvalue weighted by Gasteiger charge is 2.24. The van der Waals surface area contributed by atoms with Crippen molar-refractivity contribution < 1.29 is 24.0 Å². The van der Waals surface area contributed by atoms with Gasteiger partial charge in [-0.25, -0.2) is 4.42 Å². The maximum absolute atomic E-state index is 13.2. The second-order valence-electron chi connectivity index (χ2n) is 10.8. The normalized spacial score (nSPS) is 10.7. The Morgan fingerprint density at radius 1 is 0.735 bits per heavy atom. The Kier molecular flexibility index (Phi) is 10.9. The van der Waals surface area contributed by atoms with E-state index in [9.17, 15) is 24.0 Å². The molecule has 0 aliphatic rings. The summed E-state index contributed by atoms with van der Waals surface area (Å²) in [5, 5.41) is 10.5. The van der Waals surface area contributed by atoms with Crippen LogP contribution in [0, 0.1) is 0 Å². The van der Waals surface area contributed by atoms with Crippen LogP contribution >= 0.6 is 23.4 Å². The average Bonchev–Trinajstić information content (AvgIpc) is 3.79. The molecule has 0 aliphatic carbocycles. The zero-order valence-corrected chi connectivity index (χ0v) is 28.4. The van der Waals surface area contributed by atoms with Gasteiger partial charge >= 0.3 is 0 Å². The van der Waals surface area contributed by atoms with Gasteiger partial charge in [-0.3, -0.25) is 29.0 Å². The van der Waals surface area contributed by atoms with Gasteiger partial charge in [-0.05, 0) is 24.3 Å². The van der Waals surface area contributed by atoms with Gasteiger partial charge in [0.15, 0.2) is 5.96 Å². The summed E-state index contributed by atoms with van der Waals surface area (Å²) < 4.78 is 6.88. The molecule has 0 aliphatic heterocycles. The Morgan fingerprint density at radius 2 is 1.18 bits per heavy atom. The van der Waals surface area contributed by atoms with Crippen molar-refractivity contribution in [3.8, 4) is 0 Å². The number of carbonyl (C=O) groups excluding carboxylic acids is 5. The Hall–Kier alpha value is -5.94. The van der Waals surface area contributed by atoms with E-state index in [0.29, 0.717) is 22.8 Å². The Bertz CT molecular complexity index is 2000. The molecule has 49 heavy (non-hydrogen) atoms. The summed E-state index contributed by atoms with van der Waals surface area (Å²) in [6.07, 6.45) is 6.13. The van der Waals surface area contributed by atoms with E-state index in [-0.39, 0.29) is 52.8 Å². The zero-order valence-electron chi connectivity index (χ0n) is 26.9. The van der Waals surface area contributed by atoms with Crippen LogP contribution in [0.1, 0.15) is 42.0 Å². The lowest BCUT2D eigenvalue weighted by atomic mass is 10.3. The number of nitrogens with two attached hydrogens (primary N) is 2. The Morgan fingerprint density at radius 3 is 1.71 bits per heavy atom. The monoisotopic (exact) mass is 712 g/mol. The van der Waals surface area contributed by atoms with Crippen molar-refractivity contribution in [2.45, 2.75) is 0 Å². The summed E-state index contributed by atoms with van der Waals surface area (Å²) >= 11 is 12.0. The van der Waals surface area contributed by atoms with Crippen molar-refractivity contribution >= 4 is 81.6 Å². The lowest BCUT2D eigenvalue weighted by molar-refractivity contribution is -0.112. The molecule has 0 saturated heterocycles. The number of carbonyl (C=O) groups is 5. The third kappa shape index (κ3) is 8.51. The van der Waals surface area contributed by atoms with Crippen LogP contribution in [0.25, 0.3) is 0 Å². The third-order valence-electron chi connectivity index (χ3n) is 7.04. The van der Waals surface area contributed by atoms with Crippen LogP contribution in [0.2, 0.25) is 0 Å². The van der Waals surface area contributed by atoms with E-state index in [1.54, 1.807) is 45.2 Å². The first-order valence-corrected chi connectivity index (χ1v) is 15.0. The highest BCUT2D eigenvalue weighted by atomic mass is 35.5. The van der Waals surface area contributed by atoms with Crippen molar-refractivity contribution in [1.29, 1.82) is 0 Å². The average molecular weight is 714 g/mol. The summed E-state index contributed by atoms with van der Waals surface area (Å²) in [4.78, 5) is 67.7. The van der Waals surface area contributed by atoms with E-state index < -0.39 is 23.6 Å². The van der Waals surface area contributed by atoms with Crippen molar-refractivity contribution in [1.82, 2.24) is 23.6 Å². The molecule has 4 aromatic rings. The molecule has 0 atom stereocenters. The predicted octanol–water partition coefficient (Wildman–Crippen LogP) is 2.04. The summed E-state index contributed by atoms with van der Waals surface area (Å²) in [7, 11) is 6.49. The van der Waals surface area contributed by atoms with Crippen molar-refractivity contribution in [3.63, 3.8) is 0 Å². The molecular weight excluding hydrogens is 679 g/mol. The van der Waals surface area contributed by atoms with Gasteiger partial charge in [0, 0.05) is 71.3 Å². The number of anilines is 4. The lowest BCUT2D eigenvalue weighted by Crippen LogP contribution is -2.29. The van der Waals surface area contributed by atoms with E-state index in [1.165, 1.54) is 50.4 Å². The number of hydrogen-bond donors (Lipinski definition) is 6. The minimum atomic E-state index is -0.625. The van der Waals surface area contributed by atoms with Crippen LogP contribution in [0.15, 0.2) is 65.7 Å². The minimum Gasteiger partial charge on any atom is -0.370 e. The molecule has 17 nitrogen and oxygen atoms in total. The standard InChI is InChI=1S/C30H34Cl2N12O5/c1-16(31)25(45)37-19-10-24(42(4)14-19)29(49)44(32)20-11-23(43(5)15-20)28(48)39-18-9-22(41(3)13-18)27(47)38-17-8-21(40(2)12-17)26(46)35-6-7-36-30(33)34/h8-15H,1,6-7H2,2-5H3,(H,35,46)(H,37,45)(H,38,47)(H,39,48)(H4,33,34,36).